The largest absolute Gasteiger partial charge is 0.386 e. The van der Waals surface area contributed by atoms with Crippen molar-refractivity contribution in [3.05, 3.63) is 71.3 Å². The fourth-order valence-corrected chi connectivity index (χ4v) is 5.29. The lowest BCUT2D eigenvalue weighted by atomic mass is 9.90. The molecule has 0 amide bonds. The molecule has 2 aromatic rings. The fraction of sp³-hybridized carbons (Fsp3) is 0.520. The van der Waals surface area contributed by atoms with Crippen molar-refractivity contribution in [2.45, 2.75) is 50.7 Å². The molecule has 1 aliphatic carbocycles. The van der Waals surface area contributed by atoms with E-state index >= 15 is 0 Å². The van der Waals surface area contributed by atoms with E-state index in [2.05, 4.69) is 36.1 Å². The van der Waals surface area contributed by atoms with Crippen LogP contribution in [0.3, 0.4) is 0 Å². The molecular formula is C25H33NO2. The van der Waals surface area contributed by atoms with Gasteiger partial charge in [0.1, 0.15) is 0 Å². The highest BCUT2D eigenvalue weighted by molar-refractivity contribution is 5.29. The topological polar surface area (TPSA) is 43.7 Å². The van der Waals surface area contributed by atoms with E-state index in [0.29, 0.717) is 17.8 Å². The number of benzene rings is 2. The molecular weight excluding hydrogens is 346 g/mol. The summed E-state index contributed by atoms with van der Waals surface area (Å²) < 4.78 is 0. The minimum atomic E-state index is -0.788. The van der Waals surface area contributed by atoms with Gasteiger partial charge in [-0.3, -0.25) is 0 Å². The second kappa shape index (κ2) is 7.29. The highest BCUT2D eigenvalue weighted by atomic mass is 16.3. The Hall–Kier alpha value is -1.68. The molecule has 0 radical (unpaired) electrons. The van der Waals surface area contributed by atoms with Crippen LogP contribution in [0.25, 0.3) is 0 Å². The van der Waals surface area contributed by atoms with E-state index in [1.54, 1.807) is 0 Å². The number of hydrogen-bond acceptors (Lipinski definition) is 3. The van der Waals surface area contributed by atoms with Gasteiger partial charge in [-0.05, 0) is 61.1 Å². The van der Waals surface area contributed by atoms with Crippen molar-refractivity contribution in [3.63, 3.8) is 0 Å². The van der Waals surface area contributed by atoms with E-state index in [1.165, 1.54) is 5.56 Å². The molecule has 3 nitrogen and oxygen atoms in total. The van der Waals surface area contributed by atoms with Gasteiger partial charge in [-0.2, -0.15) is 0 Å². The van der Waals surface area contributed by atoms with Crippen molar-refractivity contribution in [3.8, 4) is 0 Å². The Bertz CT molecular complexity index is 780. The first-order chi connectivity index (χ1) is 13.2. The molecule has 28 heavy (non-hydrogen) atoms. The highest BCUT2D eigenvalue weighted by Crippen LogP contribution is 2.49. The summed E-state index contributed by atoms with van der Waals surface area (Å²) >= 11 is 0. The van der Waals surface area contributed by atoms with E-state index < -0.39 is 11.2 Å². The predicted molar refractivity (Wildman–Crippen MR) is 113 cm³/mol. The standard InChI is InChI=1S/C25H33NO2/c1-18(19-9-11-22(12-10-19)24(2,3)27)15-26-16-20-13-25(28,14-21(20)17-26)23-7-5-4-6-8-23/h4-12,18,20-21,27-28H,13-17H2,1-3H3/t18?,20-,21+,25-. The van der Waals surface area contributed by atoms with Gasteiger partial charge in [0.25, 0.3) is 0 Å². The Morgan fingerprint density at radius 3 is 2.11 bits per heavy atom. The Kier molecular flexibility index (Phi) is 5.11. The molecule has 1 unspecified atom stereocenters. The lowest BCUT2D eigenvalue weighted by Crippen LogP contribution is -2.30. The van der Waals surface area contributed by atoms with Crippen molar-refractivity contribution in [2.75, 3.05) is 19.6 Å². The molecule has 0 bridgehead atoms. The lowest BCUT2D eigenvalue weighted by Gasteiger charge is -2.27. The van der Waals surface area contributed by atoms with Gasteiger partial charge in [0.2, 0.25) is 0 Å². The number of hydrogen-bond donors (Lipinski definition) is 2. The predicted octanol–water partition coefficient (Wildman–Crippen LogP) is 4.25. The molecule has 4 rings (SSSR count). The molecule has 1 heterocycles. The molecule has 2 aliphatic rings. The van der Waals surface area contributed by atoms with Crippen LogP contribution in [-0.4, -0.2) is 34.7 Å². The molecule has 150 valence electrons. The Balaban J connectivity index is 1.35. The minimum Gasteiger partial charge on any atom is -0.386 e. The second-order valence-corrected chi connectivity index (χ2v) is 9.63. The summed E-state index contributed by atoms with van der Waals surface area (Å²) in [5, 5.41) is 21.3. The van der Waals surface area contributed by atoms with Gasteiger partial charge in [-0.15, -0.1) is 0 Å². The summed E-state index contributed by atoms with van der Waals surface area (Å²) in [5.41, 5.74) is 1.94. The maximum absolute atomic E-state index is 11.2. The first kappa shape index (κ1) is 19.6. The molecule has 2 aromatic carbocycles. The monoisotopic (exact) mass is 379 g/mol. The summed E-state index contributed by atoms with van der Waals surface area (Å²) in [5.74, 6) is 1.65. The molecule has 4 atom stereocenters. The quantitative estimate of drug-likeness (QED) is 0.816. The third-order valence-corrected chi connectivity index (χ3v) is 6.88. The van der Waals surface area contributed by atoms with Crippen molar-refractivity contribution in [1.29, 1.82) is 0 Å². The summed E-state index contributed by atoms with van der Waals surface area (Å²) in [6.07, 6.45) is 1.76. The van der Waals surface area contributed by atoms with Crippen LogP contribution < -0.4 is 0 Å². The Labute approximate surface area is 169 Å². The summed E-state index contributed by atoms with van der Waals surface area (Å²) in [6.45, 7) is 9.17. The molecule has 3 heteroatoms. The van der Waals surface area contributed by atoms with Crippen LogP contribution >= 0.6 is 0 Å². The number of nitrogens with zero attached hydrogens (tertiary/aromatic N) is 1. The van der Waals surface area contributed by atoms with E-state index in [9.17, 15) is 10.2 Å². The zero-order chi connectivity index (χ0) is 19.9. The van der Waals surface area contributed by atoms with E-state index in [0.717, 1.165) is 43.6 Å². The smallest absolute Gasteiger partial charge is 0.0903 e. The first-order valence-electron chi connectivity index (χ1n) is 10.6. The van der Waals surface area contributed by atoms with Gasteiger partial charge in [-0.1, -0.05) is 61.5 Å². The van der Waals surface area contributed by atoms with Crippen molar-refractivity contribution in [1.82, 2.24) is 4.90 Å². The van der Waals surface area contributed by atoms with Crippen LogP contribution in [0.5, 0.6) is 0 Å². The molecule has 1 saturated carbocycles. The summed E-state index contributed by atoms with van der Waals surface area (Å²) in [4.78, 5) is 2.58. The van der Waals surface area contributed by atoms with E-state index in [1.807, 2.05) is 44.2 Å². The van der Waals surface area contributed by atoms with Gasteiger partial charge < -0.3 is 15.1 Å². The summed E-state index contributed by atoms with van der Waals surface area (Å²) in [7, 11) is 0. The average molecular weight is 380 g/mol. The molecule has 0 aromatic heterocycles. The number of rotatable bonds is 5. The van der Waals surface area contributed by atoms with Gasteiger partial charge in [0.05, 0.1) is 11.2 Å². The van der Waals surface area contributed by atoms with Crippen LogP contribution in [0.4, 0.5) is 0 Å². The van der Waals surface area contributed by atoms with Crippen LogP contribution in [0, 0.1) is 11.8 Å². The number of aliphatic hydroxyl groups is 2. The van der Waals surface area contributed by atoms with Crippen molar-refractivity contribution >= 4 is 0 Å². The molecule has 0 spiro atoms. The van der Waals surface area contributed by atoms with E-state index in [4.69, 9.17) is 0 Å². The second-order valence-electron chi connectivity index (χ2n) is 9.63. The maximum Gasteiger partial charge on any atom is 0.0903 e. The van der Waals surface area contributed by atoms with Crippen LogP contribution in [0.1, 0.15) is 56.2 Å². The fourth-order valence-electron chi connectivity index (χ4n) is 5.29. The van der Waals surface area contributed by atoms with Gasteiger partial charge in [0, 0.05) is 19.6 Å². The molecule has 1 aliphatic heterocycles. The van der Waals surface area contributed by atoms with Gasteiger partial charge in [0.15, 0.2) is 0 Å². The zero-order valence-corrected chi connectivity index (χ0v) is 17.3. The van der Waals surface area contributed by atoms with Crippen LogP contribution in [-0.2, 0) is 11.2 Å². The third kappa shape index (κ3) is 3.89. The first-order valence-corrected chi connectivity index (χ1v) is 10.6. The lowest BCUT2D eigenvalue weighted by molar-refractivity contribution is 0.0312. The van der Waals surface area contributed by atoms with E-state index in [-0.39, 0.29) is 0 Å². The third-order valence-electron chi connectivity index (χ3n) is 6.88. The van der Waals surface area contributed by atoms with Crippen LogP contribution in [0.15, 0.2) is 54.6 Å². The number of fused-ring (bicyclic) bond motifs is 1. The molecule has 2 N–H and O–H groups in total. The van der Waals surface area contributed by atoms with Crippen LogP contribution in [0.2, 0.25) is 0 Å². The van der Waals surface area contributed by atoms with Gasteiger partial charge >= 0.3 is 0 Å². The molecule has 2 fully saturated rings. The zero-order valence-electron chi connectivity index (χ0n) is 17.3. The molecule has 1 saturated heterocycles. The average Bonchev–Trinajstić information content (AvgIpc) is 3.16. The summed E-state index contributed by atoms with van der Waals surface area (Å²) in [6, 6.07) is 18.6. The Morgan fingerprint density at radius 1 is 1.00 bits per heavy atom. The Morgan fingerprint density at radius 2 is 1.57 bits per heavy atom. The maximum atomic E-state index is 11.2. The number of likely N-dealkylation sites (tertiary alicyclic amines) is 1. The highest BCUT2D eigenvalue weighted by Gasteiger charge is 2.48. The SMILES string of the molecule is CC(CN1C[C@@H]2C[C@@](O)(c3ccccc3)C[C@@H]2C1)c1ccc(C(C)(C)O)cc1. The minimum absolute atomic E-state index is 0.461. The van der Waals surface area contributed by atoms with Crippen molar-refractivity contribution < 1.29 is 10.2 Å². The van der Waals surface area contributed by atoms with Gasteiger partial charge in [-0.25, -0.2) is 0 Å². The van der Waals surface area contributed by atoms with Crippen molar-refractivity contribution in [2.24, 2.45) is 11.8 Å². The normalized spacial score (nSPS) is 29.0.